The minimum absolute atomic E-state index is 0.0654. The second-order valence-electron chi connectivity index (χ2n) is 4.89. The number of ether oxygens (including phenoxy) is 1. The van der Waals surface area contributed by atoms with Gasteiger partial charge >= 0.3 is 0 Å². The Labute approximate surface area is 113 Å². The number of hydrogen-bond donors (Lipinski definition) is 1. The Balaban J connectivity index is 1.80. The van der Waals surface area contributed by atoms with E-state index in [0.29, 0.717) is 18.1 Å². The number of hydrogen-bond acceptors (Lipinski definition) is 6. The zero-order valence-electron chi connectivity index (χ0n) is 10.9. The van der Waals surface area contributed by atoms with E-state index in [0.717, 1.165) is 19.5 Å². The lowest BCUT2D eigenvalue weighted by atomic mass is 10.3. The fourth-order valence-electron chi connectivity index (χ4n) is 2.02. The summed E-state index contributed by atoms with van der Waals surface area (Å²) in [5.74, 6) is 0.754. The number of nitrogens with zero attached hydrogens (tertiary/aromatic N) is 2. The average Bonchev–Trinajstić information content (AvgIpc) is 2.77. The number of anilines is 1. The molecule has 0 radical (unpaired) electrons. The Morgan fingerprint density at radius 2 is 2.32 bits per heavy atom. The molecule has 1 aliphatic rings. The van der Waals surface area contributed by atoms with E-state index < -0.39 is 9.84 Å². The van der Waals surface area contributed by atoms with E-state index in [9.17, 15) is 8.42 Å². The zero-order chi connectivity index (χ0) is 13.9. The number of pyridine rings is 1. The summed E-state index contributed by atoms with van der Waals surface area (Å²) in [6.45, 7) is 2.16. The van der Waals surface area contributed by atoms with Gasteiger partial charge in [-0.25, -0.2) is 13.4 Å². The van der Waals surface area contributed by atoms with E-state index >= 15 is 0 Å². The van der Waals surface area contributed by atoms with Gasteiger partial charge in [0.1, 0.15) is 15.9 Å². The number of rotatable bonds is 5. The monoisotopic (exact) mass is 285 g/mol. The molecular weight excluding hydrogens is 266 g/mol. The van der Waals surface area contributed by atoms with Crippen LogP contribution >= 0.6 is 0 Å². The number of likely N-dealkylation sites (tertiary alicyclic amines) is 1. The molecule has 2 N–H and O–H groups in total. The first-order valence-corrected chi connectivity index (χ1v) is 8.27. The van der Waals surface area contributed by atoms with Crippen LogP contribution in [0.15, 0.2) is 18.3 Å². The predicted octanol–water partition coefficient (Wildman–Crippen LogP) is 0.161. The van der Waals surface area contributed by atoms with Crippen LogP contribution in [0.5, 0.6) is 5.88 Å². The van der Waals surface area contributed by atoms with Crippen LogP contribution in [0.25, 0.3) is 0 Å². The molecule has 0 aromatic carbocycles. The van der Waals surface area contributed by atoms with Gasteiger partial charge in [-0.05, 0) is 12.5 Å². The molecule has 1 aromatic rings. The number of aromatic nitrogens is 1. The van der Waals surface area contributed by atoms with Gasteiger partial charge in [-0.3, -0.25) is 4.90 Å². The quantitative estimate of drug-likeness (QED) is 0.829. The third-order valence-electron chi connectivity index (χ3n) is 3.05. The second kappa shape index (κ2) is 5.75. The van der Waals surface area contributed by atoms with Gasteiger partial charge in [-0.15, -0.1) is 0 Å². The van der Waals surface area contributed by atoms with Crippen LogP contribution in [-0.4, -0.2) is 56.0 Å². The number of sulfone groups is 1. The van der Waals surface area contributed by atoms with Crippen molar-refractivity contribution in [3.63, 3.8) is 0 Å². The van der Waals surface area contributed by atoms with Crippen LogP contribution < -0.4 is 10.5 Å². The van der Waals surface area contributed by atoms with Crippen LogP contribution in [0.1, 0.15) is 6.42 Å². The van der Waals surface area contributed by atoms with E-state index in [1.807, 2.05) is 0 Å². The smallest absolute Gasteiger partial charge is 0.213 e. The number of nitrogen functional groups attached to an aromatic ring is 1. The predicted molar refractivity (Wildman–Crippen MR) is 73.8 cm³/mol. The Morgan fingerprint density at radius 1 is 1.53 bits per heavy atom. The van der Waals surface area contributed by atoms with Crippen molar-refractivity contribution in [2.45, 2.75) is 12.5 Å². The van der Waals surface area contributed by atoms with Gasteiger partial charge in [0.2, 0.25) is 5.88 Å². The Kier molecular flexibility index (Phi) is 4.26. The highest BCUT2D eigenvalue weighted by molar-refractivity contribution is 7.90. The van der Waals surface area contributed by atoms with Gasteiger partial charge in [0.15, 0.2) is 0 Å². The van der Waals surface area contributed by atoms with E-state index in [1.165, 1.54) is 6.26 Å². The molecule has 1 fully saturated rings. The van der Waals surface area contributed by atoms with Crippen molar-refractivity contribution in [1.82, 2.24) is 9.88 Å². The third-order valence-corrected chi connectivity index (χ3v) is 3.98. The molecule has 1 aliphatic heterocycles. The molecule has 0 saturated carbocycles. The van der Waals surface area contributed by atoms with Crippen LogP contribution in [0.2, 0.25) is 0 Å². The normalized spacial score (nSPS) is 20.6. The summed E-state index contributed by atoms with van der Waals surface area (Å²) in [5, 5.41) is 0. The molecule has 0 unspecified atom stereocenters. The maximum atomic E-state index is 11.1. The SMILES string of the molecule is CS(=O)(=O)CCN1CC[C@H](Oc2ccc(N)cn2)C1. The summed E-state index contributed by atoms with van der Waals surface area (Å²) in [4.78, 5) is 6.19. The molecule has 1 saturated heterocycles. The maximum Gasteiger partial charge on any atom is 0.213 e. The first-order valence-electron chi connectivity index (χ1n) is 6.21. The summed E-state index contributed by atoms with van der Waals surface area (Å²) >= 11 is 0. The van der Waals surface area contributed by atoms with Gasteiger partial charge in [0.05, 0.1) is 17.6 Å². The summed E-state index contributed by atoms with van der Waals surface area (Å²) < 4.78 is 28.0. The van der Waals surface area contributed by atoms with Crippen molar-refractivity contribution in [1.29, 1.82) is 0 Å². The molecule has 2 rings (SSSR count). The van der Waals surface area contributed by atoms with Crippen molar-refractivity contribution < 1.29 is 13.2 Å². The van der Waals surface area contributed by atoms with Crippen LogP contribution in [0, 0.1) is 0 Å². The van der Waals surface area contributed by atoms with Crippen molar-refractivity contribution >= 4 is 15.5 Å². The molecule has 106 valence electrons. The lowest BCUT2D eigenvalue weighted by Gasteiger charge is -2.15. The van der Waals surface area contributed by atoms with Crippen LogP contribution in [0.3, 0.4) is 0 Å². The van der Waals surface area contributed by atoms with Crippen molar-refractivity contribution in [3.05, 3.63) is 18.3 Å². The Bertz CT molecular complexity index is 516. The van der Waals surface area contributed by atoms with Gasteiger partial charge < -0.3 is 10.5 Å². The Morgan fingerprint density at radius 3 is 2.95 bits per heavy atom. The van der Waals surface area contributed by atoms with E-state index in [1.54, 1.807) is 18.3 Å². The highest BCUT2D eigenvalue weighted by Crippen LogP contribution is 2.17. The minimum atomic E-state index is -2.90. The highest BCUT2D eigenvalue weighted by atomic mass is 32.2. The van der Waals surface area contributed by atoms with Gasteiger partial charge in [0.25, 0.3) is 0 Å². The van der Waals surface area contributed by atoms with E-state index in [4.69, 9.17) is 10.5 Å². The highest BCUT2D eigenvalue weighted by Gasteiger charge is 2.24. The summed E-state index contributed by atoms with van der Waals surface area (Å²) in [6, 6.07) is 3.49. The Hall–Kier alpha value is -1.34. The molecule has 0 amide bonds. The first-order chi connectivity index (χ1) is 8.92. The van der Waals surface area contributed by atoms with E-state index in [-0.39, 0.29) is 11.9 Å². The lowest BCUT2D eigenvalue weighted by Crippen LogP contribution is -2.29. The minimum Gasteiger partial charge on any atom is -0.473 e. The van der Waals surface area contributed by atoms with Gasteiger partial charge in [0, 0.05) is 32.0 Å². The van der Waals surface area contributed by atoms with Gasteiger partial charge in [-0.2, -0.15) is 0 Å². The molecule has 6 nitrogen and oxygen atoms in total. The van der Waals surface area contributed by atoms with E-state index in [2.05, 4.69) is 9.88 Å². The maximum absolute atomic E-state index is 11.1. The zero-order valence-corrected chi connectivity index (χ0v) is 11.8. The van der Waals surface area contributed by atoms with Crippen LogP contribution in [-0.2, 0) is 9.84 Å². The summed E-state index contributed by atoms with van der Waals surface area (Å²) in [5.41, 5.74) is 6.16. The second-order valence-corrected chi connectivity index (χ2v) is 7.15. The first kappa shape index (κ1) is 14.1. The molecule has 0 aliphatic carbocycles. The molecular formula is C12H19N3O3S. The summed E-state index contributed by atoms with van der Waals surface area (Å²) in [7, 11) is -2.90. The molecule has 1 atom stereocenters. The topological polar surface area (TPSA) is 85.5 Å². The molecule has 2 heterocycles. The largest absolute Gasteiger partial charge is 0.473 e. The fraction of sp³-hybridized carbons (Fsp3) is 0.583. The average molecular weight is 285 g/mol. The number of nitrogens with two attached hydrogens (primary N) is 1. The van der Waals surface area contributed by atoms with Crippen molar-refractivity contribution in [2.75, 3.05) is 37.4 Å². The molecule has 0 bridgehead atoms. The lowest BCUT2D eigenvalue weighted by molar-refractivity contribution is 0.195. The molecule has 0 spiro atoms. The van der Waals surface area contributed by atoms with Gasteiger partial charge in [-0.1, -0.05) is 0 Å². The molecule has 7 heteroatoms. The summed E-state index contributed by atoms with van der Waals surface area (Å²) in [6.07, 6.45) is 3.77. The van der Waals surface area contributed by atoms with Crippen LogP contribution in [0.4, 0.5) is 5.69 Å². The molecule has 19 heavy (non-hydrogen) atoms. The van der Waals surface area contributed by atoms with Crippen molar-refractivity contribution in [3.8, 4) is 5.88 Å². The fourth-order valence-corrected chi connectivity index (χ4v) is 2.61. The molecule has 1 aromatic heterocycles. The standard InChI is InChI=1S/C12H19N3O3S/c1-19(16,17)7-6-15-5-4-11(9-15)18-12-3-2-10(13)8-14-12/h2-3,8,11H,4-7,9,13H2,1H3/t11-/m0/s1. The third kappa shape index (κ3) is 4.68. The van der Waals surface area contributed by atoms with Crippen molar-refractivity contribution in [2.24, 2.45) is 0 Å².